The third kappa shape index (κ3) is 55.0. The van der Waals surface area contributed by atoms with Gasteiger partial charge in [-0.2, -0.15) is 0 Å². The van der Waals surface area contributed by atoms with Crippen molar-refractivity contribution in [1.82, 2.24) is 0 Å². The van der Waals surface area contributed by atoms with Crippen molar-refractivity contribution in [2.45, 2.75) is 348 Å². The molecular weight excluding hydrogens is 829 g/mol. The lowest BCUT2D eigenvalue weighted by molar-refractivity contribution is -0.167. The number of ether oxygens (including phenoxy) is 3. The Hall–Kier alpha value is -1.85. The van der Waals surface area contributed by atoms with Crippen LogP contribution in [0.1, 0.15) is 342 Å². The summed E-state index contributed by atoms with van der Waals surface area (Å²) < 4.78 is 16.9. The van der Waals surface area contributed by atoms with Crippen molar-refractivity contribution >= 4 is 17.9 Å². The van der Waals surface area contributed by atoms with E-state index in [1.165, 1.54) is 238 Å². The lowest BCUT2D eigenvalue weighted by Crippen LogP contribution is -2.30. The number of esters is 3. The summed E-state index contributed by atoms with van der Waals surface area (Å²) in [6.07, 6.45) is 64.9. The van der Waals surface area contributed by atoms with Gasteiger partial charge in [0.05, 0.1) is 0 Å². The molecule has 0 N–H and O–H groups in total. The van der Waals surface area contributed by atoms with Crippen LogP contribution in [0.25, 0.3) is 0 Å². The zero-order valence-corrected chi connectivity index (χ0v) is 45.5. The van der Waals surface area contributed by atoms with E-state index in [1.807, 2.05) is 0 Å². The molecule has 0 aliphatic heterocycles. The van der Waals surface area contributed by atoms with Crippen LogP contribution in [0.3, 0.4) is 0 Å². The molecule has 0 aromatic carbocycles. The lowest BCUT2D eigenvalue weighted by atomic mass is 10.0. The van der Waals surface area contributed by atoms with Crippen LogP contribution in [0.15, 0.2) is 12.2 Å². The molecule has 1 atom stereocenters. The Morgan fingerprint density at radius 3 is 0.776 bits per heavy atom. The lowest BCUT2D eigenvalue weighted by Gasteiger charge is -2.18. The molecule has 0 rings (SSSR count). The monoisotopic (exact) mass is 945 g/mol. The Morgan fingerprint density at radius 1 is 0.284 bits per heavy atom. The molecule has 0 aromatic heterocycles. The summed E-state index contributed by atoms with van der Waals surface area (Å²) in [5.41, 5.74) is 0. The molecule has 0 saturated carbocycles. The number of rotatable bonds is 56. The predicted octanol–water partition coefficient (Wildman–Crippen LogP) is 20.1. The van der Waals surface area contributed by atoms with Gasteiger partial charge in [0.15, 0.2) is 6.10 Å². The van der Waals surface area contributed by atoms with E-state index < -0.39 is 6.10 Å². The smallest absolute Gasteiger partial charge is 0.306 e. The number of allylic oxidation sites excluding steroid dienone is 2. The van der Waals surface area contributed by atoms with Crippen LogP contribution in [-0.2, 0) is 28.6 Å². The Bertz CT molecular complexity index is 1040. The Balaban J connectivity index is 4.26. The van der Waals surface area contributed by atoms with Gasteiger partial charge in [0.1, 0.15) is 13.2 Å². The van der Waals surface area contributed by atoms with Crippen molar-refractivity contribution in [3.63, 3.8) is 0 Å². The summed E-state index contributed by atoms with van der Waals surface area (Å²) in [7, 11) is 0. The van der Waals surface area contributed by atoms with Gasteiger partial charge in [-0.05, 0) is 44.9 Å². The van der Waals surface area contributed by atoms with Crippen LogP contribution in [-0.4, -0.2) is 37.2 Å². The SMILES string of the molecule is CCCCC/C=C\CCCCCCCC(=O)OC[C@H](COC(=O)CCCCCCCCCCCCCCCCCCCCC)OC(=O)CCCCCCCCCCCCCCCCCCCC. The third-order valence-corrected chi connectivity index (χ3v) is 13.8. The zero-order valence-electron chi connectivity index (χ0n) is 45.5. The fourth-order valence-corrected chi connectivity index (χ4v) is 9.21. The van der Waals surface area contributed by atoms with Crippen molar-refractivity contribution in [3.05, 3.63) is 12.2 Å². The van der Waals surface area contributed by atoms with E-state index in [4.69, 9.17) is 14.2 Å². The quantitative estimate of drug-likeness (QED) is 0.0262. The second-order valence-corrected chi connectivity index (χ2v) is 20.6. The third-order valence-electron chi connectivity index (χ3n) is 13.8. The molecule has 0 spiro atoms. The van der Waals surface area contributed by atoms with Crippen molar-refractivity contribution in [2.75, 3.05) is 13.2 Å². The zero-order chi connectivity index (χ0) is 48.6. The molecule has 6 nitrogen and oxygen atoms in total. The number of hydrogen-bond acceptors (Lipinski definition) is 6. The molecule has 0 heterocycles. The molecule has 0 aliphatic carbocycles. The first-order valence-electron chi connectivity index (χ1n) is 30.2. The molecule has 0 bridgehead atoms. The van der Waals surface area contributed by atoms with Gasteiger partial charge < -0.3 is 14.2 Å². The fraction of sp³-hybridized carbons (Fsp3) is 0.918. The minimum atomic E-state index is -0.768. The van der Waals surface area contributed by atoms with E-state index in [-0.39, 0.29) is 31.1 Å². The van der Waals surface area contributed by atoms with Gasteiger partial charge in [-0.15, -0.1) is 0 Å². The number of carbonyl (C=O) groups excluding carboxylic acids is 3. The average molecular weight is 946 g/mol. The standard InChI is InChI=1S/C61H116O6/c1-4-7-10-13-16-19-22-25-27-29-31-33-34-36-39-42-45-48-51-54-60(63)66-57-58(56-65-59(62)53-50-47-44-41-38-24-21-18-15-12-9-6-3)67-61(64)55-52-49-46-43-40-37-35-32-30-28-26-23-20-17-14-11-8-5-2/h18,21,58H,4-17,19-20,22-57H2,1-3H3/b21-18-/t58-/m1/s1. The highest BCUT2D eigenvalue weighted by Crippen LogP contribution is 2.18. The van der Waals surface area contributed by atoms with Crippen LogP contribution in [0.5, 0.6) is 0 Å². The second-order valence-electron chi connectivity index (χ2n) is 20.6. The van der Waals surface area contributed by atoms with Crippen LogP contribution in [0.4, 0.5) is 0 Å². The summed E-state index contributed by atoms with van der Waals surface area (Å²) >= 11 is 0. The minimum absolute atomic E-state index is 0.0663. The van der Waals surface area contributed by atoms with Crippen molar-refractivity contribution < 1.29 is 28.6 Å². The molecule has 0 unspecified atom stereocenters. The van der Waals surface area contributed by atoms with Gasteiger partial charge in [0.2, 0.25) is 0 Å². The van der Waals surface area contributed by atoms with Crippen LogP contribution >= 0.6 is 0 Å². The molecule has 0 radical (unpaired) electrons. The summed E-state index contributed by atoms with van der Waals surface area (Å²) in [6, 6.07) is 0. The molecule has 0 aliphatic rings. The highest BCUT2D eigenvalue weighted by molar-refractivity contribution is 5.71. The molecule has 0 saturated heterocycles. The first kappa shape index (κ1) is 65.1. The maximum Gasteiger partial charge on any atom is 0.306 e. The number of carbonyl (C=O) groups is 3. The summed E-state index contributed by atoms with van der Waals surface area (Å²) in [4.78, 5) is 38.2. The van der Waals surface area contributed by atoms with Crippen LogP contribution < -0.4 is 0 Å². The van der Waals surface area contributed by atoms with Crippen LogP contribution in [0.2, 0.25) is 0 Å². The normalized spacial score (nSPS) is 12.0. The molecule has 396 valence electrons. The summed E-state index contributed by atoms with van der Waals surface area (Å²) in [5, 5.41) is 0. The Labute approximate surface area is 418 Å². The average Bonchev–Trinajstić information content (AvgIpc) is 3.33. The largest absolute Gasteiger partial charge is 0.462 e. The summed E-state index contributed by atoms with van der Waals surface area (Å²) in [5.74, 6) is -0.849. The Kier molecular flexibility index (Phi) is 55.2. The molecule has 0 amide bonds. The minimum Gasteiger partial charge on any atom is -0.462 e. The van der Waals surface area contributed by atoms with Gasteiger partial charge in [0.25, 0.3) is 0 Å². The van der Waals surface area contributed by atoms with Crippen molar-refractivity contribution in [3.8, 4) is 0 Å². The summed E-state index contributed by atoms with van der Waals surface area (Å²) in [6.45, 7) is 6.68. The van der Waals surface area contributed by atoms with Crippen molar-refractivity contribution in [2.24, 2.45) is 0 Å². The maximum atomic E-state index is 12.9. The van der Waals surface area contributed by atoms with E-state index in [2.05, 4.69) is 32.9 Å². The highest BCUT2D eigenvalue weighted by Gasteiger charge is 2.19. The predicted molar refractivity (Wildman–Crippen MR) is 289 cm³/mol. The molecule has 0 fully saturated rings. The van der Waals surface area contributed by atoms with Gasteiger partial charge in [-0.1, -0.05) is 290 Å². The van der Waals surface area contributed by atoms with Crippen molar-refractivity contribution in [1.29, 1.82) is 0 Å². The van der Waals surface area contributed by atoms with Gasteiger partial charge in [-0.25, -0.2) is 0 Å². The topological polar surface area (TPSA) is 78.9 Å². The van der Waals surface area contributed by atoms with Gasteiger partial charge in [-0.3, -0.25) is 14.4 Å². The second kappa shape index (κ2) is 56.7. The molecule has 6 heteroatoms. The van der Waals surface area contributed by atoms with Crippen LogP contribution in [0, 0.1) is 0 Å². The highest BCUT2D eigenvalue weighted by atomic mass is 16.6. The maximum absolute atomic E-state index is 12.9. The molecule has 67 heavy (non-hydrogen) atoms. The van der Waals surface area contributed by atoms with E-state index in [1.54, 1.807) is 0 Å². The fourth-order valence-electron chi connectivity index (χ4n) is 9.21. The van der Waals surface area contributed by atoms with E-state index in [9.17, 15) is 14.4 Å². The number of hydrogen-bond donors (Lipinski definition) is 0. The van der Waals surface area contributed by atoms with Gasteiger partial charge >= 0.3 is 17.9 Å². The first-order chi connectivity index (χ1) is 33.0. The van der Waals surface area contributed by atoms with E-state index in [0.717, 1.165) is 64.2 Å². The Morgan fingerprint density at radius 2 is 0.493 bits per heavy atom. The van der Waals surface area contributed by atoms with E-state index >= 15 is 0 Å². The number of unbranched alkanes of at least 4 members (excludes halogenated alkanes) is 43. The molecular formula is C61H116O6. The van der Waals surface area contributed by atoms with E-state index in [0.29, 0.717) is 19.3 Å². The van der Waals surface area contributed by atoms with Gasteiger partial charge in [0, 0.05) is 19.3 Å². The molecule has 0 aromatic rings. The first-order valence-corrected chi connectivity index (χ1v) is 30.2.